The molecule has 0 unspecified atom stereocenters. The Bertz CT molecular complexity index is 947. The van der Waals surface area contributed by atoms with Gasteiger partial charge in [0, 0.05) is 0 Å². The quantitative estimate of drug-likeness (QED) is 0.412. The summed E-state index contributed by atoms with van der Waals surface area (Å²) >= 11 is 0. The van der Waals surface area contributed by atoms with E-state index in [1.54, 1.807) is 0 Å². The Morgan fingerprint density at radius 3 is 1.40 bits per heavy atom. The number of halogens is 1. The molecule has 4 aromatic carbocycles. The van der Waals surface area contributed by atoms with Crippen molar-refractivity contribution in [2.24, 2.45) is 0 Å². The molecule has 0 saturated heterocycles. The minimum Gasteiger partial charge on any atom is -1.00 e. The highest BCUT2D eigenvalue weighted by Gasteiger charge is 2.45. The first-order chi connectivity index (χ1) is 14.2. The van der Waals surface area contributed by atoms with Crippen LogP contribution in [0.1, 0.15) is 30.9 Å². The first kappa shape index (κ1) is 22.3. The van der Waals surface area contributed by atoms with E-state index in [-0.39, 0.29) is 12.4 Å². The van der Waals surface area contributed by atoms with Gasteiger partial charge in [0.05, 0.1) is 6.16 Å². The Morgan fingerprint density at radius 1 is 0.567 bits per heavy atom. The smallest absolute Gasteiger partial charge is 0.116 e. The highest BCUT2D eigenvalue weighted by molar-refractivity contribution is 7.95. The van der Waals surface area contributed by atoms with Crippen molar-refractivity contribution in [1.29, 1.82) is 0 Å². The molecule has 0 radical (unpaired) electrons. The van der Waals surface area contributed by atoms with Crippen molar-refractivity contribution in [3.05, 3.63) is 126 Å². The lowest BCUT2D eigenvalue weighted by molar-refractivity contribution is -0.00000581. The third kappa shape index (κ3) is 4.51. The van der Waals surface area contributed by atoms with E-state index in [0.29, 0.717) is 5.92 Å². The van der Waals surface area contributed by atoms with Crippen LogP contribution in [-0.4, -0.2) is 0 Å². The first-order valence-electron chi connectivity index (χ1n) is 10.3. The van der Waals surface area contributed by atoms with Gasteiger partial charge in [0.15, 0.2) is 0 Å². The summed E-state index contributed by atoms with van der Waals surface area (Å²) in [5, 5.41) is 4.31. The molecule has 30 heavy (non-hydrogen) atoms. The average Bonchev–Trinajstić information content (AvgIpc) is 2.79. The lowest BCUT2D eigenvalue weighted by atomic mass is 10.0. The first-order valence-corrected chi connectivity index (χ1v) is 12.3. The lowest BCUT2D eigenvalue weighted by Gasteiger charge is -2.28. The SMILES string of the molecule is CC(C)c1cccc(C[P+](c2ccccc2)(c2ccccc2)c2ccccc2)c1.[Cl-]. The van der Waals surface area contributed by atoms with Crippen LogP contribution in [0, 0.1) is 0 Å². The zero-order chi connectivity index (χ0) is 20.1. The Labute approximate surface area is 187 Å². The van der Waals surface area contributed by atoms with Gasteiger partial charge in [-0.3, -0.25) is 0 Å². The largest absolute Gasteiger partial charge is 1.00 e. The van der Waals surface area contributed by atoms with Gasteiger partial charge in [-0.05, 0) is 53.4 Å². The molecule has 0 N–H and O–H groups in total. The summed E-state index contributed by atoms with van der Waals surface area (Å²) in [5.41, 5.74) is 2.83. The van der Waals surface area contributed by atoms with Gasteiger partial charge >= 0.3 is 0 Å². The van der Waals surface area contributed by atoms with Crippen molar-refractivity contribution in [3.8, 4) is 0 Å². The summed E-state index contributed by atoms with van der Waals surface area (Å²) < 4.78 is 0. The highest BCUT2D eigenvalue weighted by atomic mass is 35.5. The summed E-state index contributed by atoms with van der Waals surface area (Å²) in [6.45, 7) is 4.54. The molecule has 0 bridgehead atoms. The molecule has 0 saturated carbocycles. The van der Waals surface area contributed by atoms with Gasteiger partial charge in [-0.2, -0.15) is 0 Å². The second kappa shape index (κ2) is 10.1. The second-order valence-corrected chi connectivity index (χ2v) is 11.4. The van der Waals surface area contributed by atoms with Crippen LogP contribution in [0.15, 0.2) is 115 Å². The van der Waals surface area contributed by atoms with E-state index in [4.69, 9.17) is 0 Å². The van der Waals surface area contributed by atoms with Gasteiger partial charge in [-0.15, -0.1) is 0 Å². The summed E-state index contributed by atoms with van der Waals surface area (Å²) in [6, 6.07) is 42.5. The van der Waals surface area contributed by atoms with E-state index < -0.39 is 7.26 Å². The van der Waals surface area contributed by atoms with Crippen LogP contribution in [0.3, 0.4) is 0 Å². The minimum absolute atomic E-state index is 0. The molecule has 0 amide bonds. The molecule has 0 aliphatic heterocycles. The molecule has 0 fully saturated rings. The van der Waals surface area contributed by atoms with Crippen LogP contribution >= 0.6 is 7.26 Å². The van der Waals surface area contributed by atoms with Gasteiger partial charge in [-0.1, -0.05) is 92.7 Å². The Hall–Kier alpha value is -2.40. The fraction of sp³-hybridized carbons (Fsp3) is 0.143. The van der Waals surface area contributed by atoms with Crippen LogP contribution in [0.4, 0.5) is 0 Å². The summed E-state index contributed by atoms with van der Waals surface area (Å²) in [5.74, 6) is 0.535. The summed E-state index contributed by atoms with van der Waals surface area (Å²) in [4.78, 5) is 0. The maximum Gasteiger partial charge on any atom is 0.116 e. The number of rotatable bonds is 6. The van der Waals surface area contributed by atoms with Crippen LogP contribution in [0.5, 0.6) is 0 Å². The Balaban J connectivity index is 0.00000256. The van der Waals surface area contributed by atoms with Gasteiger partial charge < -0.3 is 12.4 Å². The standard InChI is InChI=1S/C28H28P.ClH/c1-23(2)25-14-12-13-24(21-25)22-29(26-15-6-3-7-16-26,27-17-8-4-9-18-27)28-19-10-5-11-20-28;/h3-21,23H,22H2,1-2H3;1H/q+1;/p-1. The predicted octanol–water partition coefficient (Wildman–Crippen LogP) is 3.31. The molecule has 0 spiro atoms. The number of benzene rings is 4. The van der Waals surface area contributed by atoms with Gasteiger partial charge in [0.2, 0.25) is 0 Å². The van der Waals surface area contributed by atoms with Crippen molar-refractivity contribution < 1.29 is 12.4 Å². The van der Waals surface area contributed by atoms with Crippen LogP contribution in [0.25, 0.3) is 0 Å². The van der Waals surface area contributed by atoms with Crippen LogP contribution < -0.4 is 28.3 Å². The Kier molecular flexibility index (Phi) is 7.48. The topological polar surface area (TPSA) is 0 Å². The van der Waals surface area contributed by atoms with Crippen LogP contribution in [0.2, 0.25) is 0 Å². The highest BCUT2D eigenvalue weighted by Crippen LogP contribution is 2.58. The van der Waals surface area contributed by atoms with E-state index in [1.165, 1.54) is 27.0 Å². The zero-order valence-electron chi connectivity index (χ0n) is 17.6. The molecule has 152 valence electrons. The third-order valence-corrected chi connectivity index (χ3v) is 10.0. The molecule has 0 aromatic heterocycles. The molecule has 0 atom stereocenters. The molecule has 4 aromatic rings. The molecule has 0 aliphatic rings. The van der Waals surface area contributed by atoms with Gasteiger partial charge in [0.1, 0.15) is 23.2 Å². The van der Waals surface area contributed by atoms with Crippen molar-refractivity contribution in [2.75, 3.05) is 0 Å². The molecular weight excluding hydrogens is 403 g/mol. The van der Waals surface area contributed by atoms with Crippen molar-refractivity contribution in [1.82, 2.24) is 0 Å². The predicted molar refractivity (Wildman–Crippen MR) is 129 cm³/mol. The minimum atomic E-state index is -1.83. The lowest BCUT2D eigenvalue weighted by Crippen LogP contribution is -3.00. The van der Waals surface area contributed by atoms with Crippen molar-refractivity contribution in [3.63, 3.8) is 0 Å². The number of hydrogen-bond acceptors (Lipinski definition) is 0. The maximum absolute atomic E-state index is 2.41. The summed E-state index contributed by atoms with van der Waals surface area (Å²) in [7, 11) is -1.83. The fourth-order valence-corrected chi connectivity index (χ4v) is 8.32. The van der Waals surface area contributed by atoms with E-state index in [0.717, 1.165) is 6.16 Å². The molecular formula is C28H28ClP. The van der Waals surface area contributed by atoms with Crippen LogP contribution in [-0.2, 0) is 6.16 Å². The summed E-state index contributed by atoms with van der Waals surface area (Å²) in [6.07, 6.45) is 1.03. The molecule has 2 heteroatoms. The van der Waals surface area contributed by atoms with E-state index >= 15 is 0 Å². The fourth-order valence-electron chi connectivity index (χ4n) is 4.09. The van der Waals surface area contributed by atoms with Gasteiger partial charge in [0.25, 0.3) is 0 Å². The van der Waals surface area contributed by atoms with Crippen molar-refractivity contribution >= 4 is 23.2 Å². The maximum atomic E-state index is 2.41. The Morgan fingerprint density at radius 2 is 1.00 bits per heavy atom. The molecule has 4 rings (SSSR count). The normalized spacial score (nSPS) is 11.2. The van der Waals surface area contributed by atoms with E-state index in [1.807, 2.05) is 0 Å². The third-order valence-electron chi connectivity index (χ3n) is 5.63. The van der Waals surface area contributed by atoms with E-state index in [2.05, 4.69) is 129 Å². The van der Waals surface area contributed by atoms with Gasteiger partial charge in [-0.25, -0.2) is 0 Å². The molecule has 0 heterocycles. The average molecular weight is 431 g/mol. The molecule has 0 aliphatic carbocycles. The monoisotopic (exact) mass is 430 g/mol. The number of hydrogen-bond donors (Lipinski definition) is 0. The van der Waals surface area contributed by atoms with Crippen molar-refractivity contribution in [2.45, 2.75) is 25.9 Å². The molecule has 0 nitrogen and oxygen atoms in total. The second-order valence-electron chi connectivity index (χ2n) is 7.87. The van der Waals surface area contributed by atoms with E-state index in [9.17, 15) is 0 Å². The zero-order valence-corrected chi connectivity index (χ0v) is 19.2.